The van der Waals surface area contributed by atoms with E-state index in [1.165, 1.54) is 0 Å². The molecule has 0 atom stereocenters. The molecule has 0 spiro atoms. The van der Waals surface area contributed by atoms with Gasteiger partial charge in [-0.2, -0.15) is 0 Å². The van der Waals surface area contributed by atoms with Gasteiger partial charge in [0.05, 0.1) is 4.92 Å². The molecule has 0 unspecified atom stereocenters. The highest BCUT2D eigenvalue weighted by atomic mass is 16.6. The molecule has 0 bridgehead atoms. The van der Waals surface area contributed by atoms with Crippen molar-refractivity contribution in [2.45, 2.75) is 40.0 Å². The fourth-order valence-electron chi connectivity index (χ4n) is 3.28. The average molecular weight is 291 g/mol. The molecule has 1 saturated heterocycles. The molecular weight excluding hydrogens is 266 g/mol. The lowest BCUT2D eigenvalue weighted by atomic mass is 9.82. The summed E-state index contributed by atoms with van der Waals surface area (Å²) in [4.78, 5) is 13.4. The van der Waals surface area contributed by atoms with Crippen LogP contribution in [0.25, 0.3) is 0 Å². The van der Waals surface area contributed by atoms with Crippen LogP contribution < -0.4 is 10.2 Å². The summed E-state index contributed by atoms with van der Waals surface area (Å²) in [6, 6.07) is 5.56. The summed E-state index contributed by atoms with van der Waals surface area (Å²) in [5.74, 6) is 0. The van der Waals surface area contributed by atoms with Gasteiger partial charge in [-0.3, -0.25) is 10.1 Å². The molecule has 1 aliphatic rings. The molecule has 1 aromatic carbocycles. The SMILES string of the molecule is CCNc1cccc(N2CCC(CC)(CC)C2)c1[N+](=O)[O-]. The zero-order valence-electron chi connectivity index (χ0n) is 13.2. The Bertz CT molecular complexity index is 512. The molecule has 1 fully saturated rings. The van der Waals surface area contributed by atoms with Crippen LogP contribution in [0.1, 0.15) is 40.0 Å². The van der Waals surface area contributed by atoms with Gasteiger partial charge in [0.1, 0.15) is 11.4 Å². The van der Waals surface area contributed by atoms with Crippen LogP contribution in [-0.2, 0) is 0 Å². The number of rotatable bonds is 6. The van der Waals surface area contributed by atoms with Crippen LogP contribution >= 0.6 is 0 Å². The maximum absolute atomic E-state index is 11.5. The molecule has 0 amide bonds. The Morgan fingerprint density at radius 3 is 2.57 bits per heavy atom. The molecule has 0 saturated carbocycles. The van der Waals surface area contributed by atoms with Gasteiger partial charge in [-0.15, -0.1) is 0 Å². The maximum Gasteiger partial charge on any atom is 0.315 e. The number of nitro benzene ring substituents is 1. The molecule has 1 aromatic rings. The van der Waals surface area contributed by atoms with Crippen LogP contribution in [0.2, 0.25) is 0 Å². The zero-order chi connectivity index (χ0) is 15.5. The van der Waals surface area contributed by atoms with Crippen molar-refractivity contribution in [1.82, 2.24) is 0 Å². The summed E-state index contributed by atoms with van der Waals surface area (Å²) >= 11 is 0. The first-order chi connectivity index (χ1) is 10.1. The summed E-state index contributed by atoms with van der Waals surface area (Å²) < 4.78 is 0. The van der Waals surface area contributed by atoms with Gasteiger partial charge in [0, 0.05) is 19.6 Å². The highest BCUT2D eigenvalue weighted by Crippen LogP contribution is 2.43. The first kappa shape index (κ1) is 15.6. The van der Waals surface area contributed by atoms with E-state index in [2.05, 4.69) is 24.1 Å². The lowest BCUT2D eigenvalue weighted by Gasteiger charge is -2.27. The monoisotopic (exact) mass is 291 g/mol. The largest absolute Gasteiger partial charge is 0.380 e. The van der Waals surface area contributed by atoms with Crippen LogP contribution in [0.5, 0.6) is 0 Å². The van der Waals surface area contributed by atoms with Crippen LogP contribution in [-0.4, -0.2) is 24.6 Å². The Hall–Kier alpha value is -1.78. The Morgan fingerprint density at radius 2 is 2.05 bits per heavy atom. The highest BCUT2D eigenvalue weighted by molar-refractivity contribution is 5.77. The first-order valence-electron chi connectivity index (χ1n) is 7.83. The Morgan fingerprint density at radius 1 is 1.33 bits per heavy atom. The number of nitrogens with one attached hydrogen (secondary N) is 1. The van der Waals surface area contributed by atoms with Crippen LogP contribution in [0.3, 0.4) is 0 Å². The molecule has 2 rings (SSSR count). The van der Waals surface area contributed by atoms with Crippen molar-refractivity contribution in [3.63, 3.8) is 0 Å². The Kier molecular flexibility index (Phi) is 4.70. The second-order valence-corrected chi connectivity index (χ2v) is 5.84. The second kappa shape index (κ2) is 6.33. The number of hydrogen-bond acceptors (Lipinski definition) is 4. The predicted molar refractivity (Wildman–Crippen MR) is 87.1 cm³/mol. The zero-order valence-corrected chi connectivity index (χ0v) is 13.2. The standard InChI is InChI=1S/C16H25N3O2/c1-4-16(5-2)10-11-18(12-16)14-9-7-8-13(17-6-3)15(14)19(20)21/h7-9,17H,4-6,10-12H2,1-3H3. The van der Waals surface area contributed by atoms with Gasteiger partial charge in [-0.1, -0.05) is 19.9 Å². The summed E-state index contributed by atoms with van der Waals surface area (Å²) in [5, 5.41) is 14.6. The van der Waals surface area contributed by atoms with Crippen molar-refractivity contribution in [3.8, 4) is 0 Å². The van der Waals surface area contributed by atoms with Crippen molar-refractivity contribution in [1.29, 1.82) is 0 Å². The molecule has 0 aromatic heterocycles. The average Bonchev–Trinajstić information content (AvgIpc) is 2.92. The van der Waals surface area contributed by atoms with E-state index in [1.54, 1.807) is 6.07 Å². The quantitative estimate of drug-likeness (QED) is 0.634. The van der Waals surface area contributed by atoms with Gasteiger partial charge in [0.2, 0.25) is 0 Å². The van der Waals surface area contributed by atoms with Crippen molar-refractivity contribution in [2.24, 2.45) is 5.41 Å². The minimum absolute atomic E-state index is 0.211. The molecule has 1 aliphatic heterocycles. The molecule has 5 heteroatoms. The number of hydrogen-bond donors (Lipinski definition) is 1. The predicted octanol–water partition coefficient (Wildman–Crippen LogP) is 4.04. The minimum Gasteiger partial charge on any atom is -0.380 e. The van der Waals surface area contributed by atoms with Crippen LogP contribution in [0, 0.1) is 15.5 Å². The molecule has 5 nitrogen and oxygen atoms in total. The fourth-order valence-corrected chi connectivity index (χ4v) is 3.28. The van der Waals surface area contributed by atoms with E-state index < -0.39 is 0 Å². The van der Waals surface area contributed by atoms with Crippen molar-refractivity contribution in [3.05, 3.63) is 28.3 Å². The maximum atomic E-state index is 11.5. The topological polar surface area (TPSA) is 58.4 Å². The number of nitro groups is 1. The van der Waals surface area contributed by atoms with Crippen molar-refractivity contribution >= 4 is 17.1 Å². The number of nitrogens with zero attached hydrogens (tertiary/aromatic N) is 2. The third-order valence-electron chi connectivity index (χ3n) is 4.84. The summed E-state index contributed by atoms with van der Waals surface area (Å²) in [6.07, 6.45) is 3.37. The molecular formula is C16H25N3O2. The van der Waals surface area contributed by atoms with Crippen LogP contribution in [0.15, 0.2) is 18.2 Å². The van der Waals surface area contributed by atoms with E-state index in [4.69, 9.17) is 0 Å². The number of para-hydroxylation sites is 1. The molecule has 1 N–H and O–H groups in total. The third-order valence-corrected chi connectivity index (χ3v) is 4.84. The number of benzene rings is 1. The number of anilines is 2. The van der Waals surface area contributed by atoms with Gasteiger partial charge in [0.25, 0.3) is 0 Å². The molecule has 21 heavy (non-hydrogen) atoms. The first-order valence-corrected chi connectivity index (χ1v) is 7.83. The molecule has 0 radical (unpaired) electrons. The Balaban J connectivity index is 2.36. The van der Waals surface area contributed by atoms with E-state index in [1.807, 2.05) is 19.1 Å². The molecule has 116 valence electrons. The van der Waals surface area contributed by atoms with Crippen molar-refractivity contribution < 1.29 is 4.92 Å². The Labute approximate surface area is 126 Å². The van der Waals surface area contributed by atoms with E-state index in [0.29, 0.717) is 17.6 Å². The van der Waals surface area contributed by atoms with Crippen molar-refractivity contribution in [2.75, 3.05) is 29.9 Å². The van der Waals surface area contributed by atoms with E-state index in [0.717, 1.165) is 38.0 Å². The van der Waals surface area contributed by atoms with E-state index in [-0.39, 0.29) is 10.6 Å². The highest BCUT2D eigenvalue weighted by Gasteiger charge is 2.37. The van der Waals surface area contributed by atoms with Crippen LogP contribution in [0.4, 0.5) is 17.1 Å². The fraction of sp³-hybridized carbons (Fsp3) is 0.625. The summed E-state index contributed by atoms with van der Waals surface area (Å²) in [6.45, 7) is 8.88. The normalized spacial score (nSPS) is 17.0. The van der Waals surface area contributed by atoms with Gasteiger partial charge < -0.3 is 10.2 Å². The van der Waals surface area contributed by atoms with Gasteiger partial charge in [0.15, 0.2) is 0 Å². The third kappa shape index (κ3) is 2.96. The summed E-state index contributed by atoms with van der Waals surface area (Å²) in [5.41, 5.74) is 1.89. The van der Waals surface area contributed by atoms with E-state index in [9.17, 15) is 10.1 Å². The molecule has 1 heterocycles. The lowest BCUT2D eigenvalue weighted by Crippen LogP contribution is -2.26. The van der Waals surface area contributed by atoms with E-state index >= 15 is 0 Å². The van der Waals surface area contributed by atoms with Gasteiger partial charge in [-0.05, 0) is 43.7 Å². The summed E-state index contributed by atoms with van der Waals surface area (Å²) in [7, 11) is 0. The van der Waals surface area contributed by atoms with Gasteiger partial charge in [-0.25, -0.2) is 0 Å². The second-order valence-electron chi connectivity index (χ2n) is 5.84. The lowest BCUT2D eigenvalue weighted by molar-refractivity contribution is -0.383. The smallest absolute Gasteiger partial charge is 0.315 e. The molecule has 0 aliphatic carbocycles. The minimum atomic E-state index is -0.259. The van der Waals surface area contributed by atoms with Gasteiger partial charge >= 0.3 is 5.69 Å².